The smallest absolute Gasteiger partial charge is 0.298 e. The number of carbonyl (C=O) groups is 1. The van der Waals surface area contributed by atoms with Gasteiger partial charge in [-0.05, 0) is 88.0 Å². The van der Waals surface area contributed by atoms with E-state index >= 15 is 0 Å². The number of benzene rings is 2. The standard InChI is InChI=1S/C27H34N4O3/c1-3-33-25-15-19(8-7-18(25)2)17-31(22-11-13-28-14-12-22)27-30-23-16-21(9-10-24(23)34-27)29-26(32)20-5-4-6-20/h7-10,15-16,20,22,28H,3-6,11-14,17H2,1-2H3,(H,29,32). The highest BCUT2D eigenvalue weighted by Gasteiger charge is 2.27. The number of nitrogens with zero attached hydrogens (tertiary/aromatic N) is 2. The van der Waals surface area contributed by atoms with Crippen molar-refractivity contribution < 1.29 is 13.9 Å². The van der Waals surface area contributed by atoms with Crippen molar-refractivity contribution in [3.05, 3.63) is 47.5 Å². The maximum Gasteiger partial charge on any atom is 0.298 e. The summed E-state index contributed by atoms with van der Waals surface area (Å²) in [6, 6.07) is 13.1. The first-order valence-electron chi connectivity index (χ1n) is 12.5. The molecule has 34 heavy (non-hydrogen) atoms. The summed E-state index contributed by atoms with van der Waals surface area (Å²) in [6.45, 7) is 7.39. The van der Waals surface area contributed by atoms with Crippen molar-refractivity contribution in [2.45, 2.75) is 58.5 Å². The number of aromatic nitrogens is 1. The Balaban J connectivity index is 1.41. The third-order valence-electron chi connectivity index (χ3n) is 7.02. The van der Waals surface area contributed by atoms with Gasteiger partial charge in [-0.1, -0.05) is 18.6 Å². The Morgan fingerprint density at radius 3 is 2.74 bits per heavy atom. The van der Waals surface area contributed by atoms with Gasteiger partial charge in [-0.3, -0.25) is 4.79 Å². The minimum Gasteiger partial charge on any atom is -0.494 e. The van der Waals surface area contributed by atoms with Crippen molar-refractivity contribution in [2.24, 2.45) is 5.92 Å². The zero-order valence-corrected chi connectivity index (χ0v) is 20.1. The van der Waals surface area contributed by atoms with E-state index in [-0.39, 0.29) is 11.8 Å². The van der Waals surface area contributed by atoms with E-state index in [1.807, 2.05) is 25.1 Å². The van der Waals surface area contributed by atoms with Crippen LogP contribution in [0.2, 0.25) is 0 Å². The third kappa shape index (κ3) is 4.89. The number of amides is 1. The van der Waals surface area contributed by atoms with Gasteiger partial charge >= 0.3 is 0 Å². The fraction of sp³-hybridized carbons (Fsp3) is 0.481. The topological polar surface area (TPSA) is 79.6 Å². The summed E-state index contributed by atoms with van der Waals surface area (Å²) in [5, 5.41) is 6.50. The molecule has 2 N–H and O–H groups in total. The predicted octanol–water partition coefficient (Wildman–Crippen LogP) is 5.03. The van der Waals surface area contributed by atoms with Gasteiger partial charge in [0.2, 0.25) is 5.91 Å². The fourth-order valence-electron chi connectivity index (χ4n) is 4.75. The van der Waals surface area contributed by atoms with Gasteiger partial charge in [-0.2, -0.15) is 4.98 Å². The SMILES string of the molecule is CCOc1cc(CN(c2nc3cc(NC(=O)C4CCC4)ccc3o2)C2CCNCC2)ccc1C. The number of aryl methyl sites for hydroxylation is 1. The average molecular weight is 463 g/mol. The lowest BCUT2D eigenvalue weighted by atomic mass is 9.85. The summed E-state index contributed by atoms with van der Waals surface area (Å²) < 4.78 is 12.1. The quantitative estimate of drug-likeness (QED) is 0.489. The Hall–Kier alpha value is -3.06. The summed E-state index contributed by atoms with van der Waals surface area (Å²) in [5.41, 5.74) is 4.58. The maximum absolute atomic E-state index is 12.4. The van der Waals surface area contributed by atoms with E-state index in [0.717, 1.165) is 73.3 Å². The molecule has 7 nitrogen and oxygen atoms in total. The van der Waals surface area contributed by atoms with E-state index in [2.05, 4.69) is 40.7 Å². The van der Waals surface area contributed by atoms with Crippen molar-refractivity contribution in [3.8, 4) is 5.75 Å². The van der Waals surface area contributed by atoms with Crippen LogP contribution in [-0.4, -0.2) is 36.6 Å². The number of anilines is 2. The first-order chi connectivity index (χ1) is 16.6. The fourth-order valence-corrected chi connectivity index (χ4v) is 4.75. The van der Waals surface area contributed by atoms with Crippen molar-refractivity contribution in [1.82, 2.24) is 10.3 Å². The third-order valence-corrected chi connectivity index (χ3v) is 7.02. The van der Waals surface area contributed by atoms with Crippen LogP contribution in [0.1, 0.15) is 50.2 Å². The Morgan fingerprint density at radius 1 is 1.18 bits per heavy atom. The van der Waals surface area contributed by atoms with Crippen LogP contribution in [0.5, 0.6) is 5.75 Å². The van der Waals surface area contributed by atoms with E-state index in [1.165, 1.54) is 5.56 Å². The molecule has 2 heterocycles. The van der Waals surface area contributed by atoms with Gasteiger partial charge in [0.15, 0.2) is 5.58 Å². The molecule has 2 aromatic carbocycles. The molecule has 1 aromatic heterocycles. The average Bonchev–Trinajstić information content (AvgIpc) is 3.22. The van der Waals surface area contributed by atoms with Gasteiger partial charge in [0.25, 0.3) is 6.01 Å². The molecule has 1 saturated heterocycles. The molecule has 1 aliphatic carbocycles. The minimum atomic E-state index is 0.107. The number of fused-ring (bicyclic) bond motifs is 1. The maximum atomic E-state index is 12.4. The molecule has 7 heteroatoms. The molecule has 0 unspecified atom stereocenters. The number of carbonyl (C=O) groups excluding carboxylic acids is 1. The van der Waals surface area contributed by atoms with E-state index in [4.69, 9.17) is 14.1 Å². The van der Waals surface area contributed by atoms with Gasteiger partial charge < -0.3 is 24.7 Å². The van der Waals surface area contributed by atoms with Crippen LogP contribution in [0.25, 0.3) is 11.1 Å². The largest absolute Gasteiger partial charge is 0.494 e. The van der Waals surface area contributed by atoms with Crippen LogP contribution >= 0.6 is 0 Å². The molecule has 180 valence electrons. The number of nitrogens with one attached hydrogen (secondary N) is 2. The predicted molar refractivity (Wildman–Crippen MR) is 134 cm³/mol. The van der Waals surface area contributed by atoms with Gasteiger partial charge in [-0.15, -0.1) is 0 Å². The molecule has 2 aliphatic rings. The Bertz CT molecular complexity index is 1150. The first-order valence-corrected chi connectivity index (χ1v) is 12.5. The molecule has 2 fully saturated rings. The summed E-state index contributed by atoms with van der Waals surface area (Å²) in [6.07, 6.45) is 5.18. The summed E-state index contributed by atoms with van der Waals surface area (Å²) in [4.78, 5) is 19.5. The second-order valence-corrected chi connectivity index (χ2v) is 9.44. The van der Waals surface area contributed by atoms with Gasteiger partial charge in [0.05, 0.1) is 6.61 Å². The number of oxazole rings is 1. The van der Waals surface area contributed by atoms with Crippen molar-refractivity contribution in [3.63, 3.8) is 0 Å². The molecular weight excluding hydrogens is 428 g/mol. The molecule has 1 saturated carbocycles. The first kappa shape index (κ1) is 22.7. The van der Waals surface area contributed by atoms with Crippen LogP contribution in [0, 0.1) is 12.8 Å². The monoisotopic (exact) mass is 462 g/mol. The van der Waals surface area contributed by atoms with E-state index in [0.29, 0.717) is 25.2 Å². The van der Waals surface area contributed by atoms with Crippen LogP contribution in [0.4, 0.5) is 11.7 Å². The Kier molecular flexibility index (Phi) is 6.72. The molecule has 1 aliphatic heterocycles. The molecule has 3 aromatic rings. The van der Waals surface area contributed by atoms with Crippen molar-refractivity contribution in [2.75, 3.05) is 29.9 Å². The van der Waals surface area contributed by atoms with Crippen LogP contribution in [0.15, 0.2) is 40.8 Å². The number of hydrogen-bond acceptors (Lipinski definition) is 6. The molecule has 0 bridgehead atoms. The highest BCUT2D eigenvalue weighted by molar-refractivity contribution is 5.94. The van der Waals surface area contributed by atoms with Gasteiger partial charge in [0.1, 0.15) is 11.3 Å². The lowest BCUT2D eigenvalue weighted by molar-refractivity contribution is -0.122. The molecule has 0 spiro atoms. The second kappa shape index (κ2) is 10.1. The van der Waals surface area contributed by atoms with Gasteiger partial charge in [0, 0.05) is 24.2 Å². The van der Waals surface area contributed by atoms with Crippen LogP contribution < -0.4 is 20.3 Å². The number of piperidine rings is 1. The highest BCUT2D eigenvalue weighted by Crippen LogP contribution is 2.31. The van der Waals surface area contributed by atoms with E-state index in [1.54, 1.807) is 0 Å². The normalized spacial score (nSPS) is 16.9. The van der Waals surface area contributed by atoms with E-state index in [9.17, 15) is 4.79 Å². The molecule has 0 radical (unpaired) electrons. The lowest BCUT2D eigenvalue weighted by Crippen LogP contribution is -2.43. The Labute approximate surface area is 200 Å². The van der Waals surface area contributed by atoms with E-state index < -0.39 is 0 Å². The number of ether oxygens (including phenoxy) is 1. The van der Waals surface area contributed by atoms with Crippen LogP contribution in [0.3, 0.4) is 0 Å². The van der Waals surface area contributed by atoms with Gasteiger partial charge in [-0.25, -0.2) is 0 Å². The van der Waals surface area contributed by atoms with Crippen LogP contribution in [-0.2, 0) is 11.3 Å². The number of hydrogen-bond donors (Lipinski definition) is 2. The van der Waals surface area contributed by atoms with Crippen molar-refractivity contribution >= 4 is 28.7 Å². The molecule has 1 amide bonds. The van der Waals surface area contributed by atoms with Crippen molar-refractivity contribution in [1.29, 1.82) is 0 Å². The zero-order chi connectivity index (χ0) is 23.5. The molecule has 5 rings (SSSR count). The molecule has 0 atom stereocenters. The summed E-state index contributed by atoms with van der Waals surface area (Å²) in [7, 11) is 0. The Morgan fingerprint density at radius 2 is 2.00 bits per heavy atom. The summed E-state index contributed by atoms with van der Waals surface area (Å²) >= 11 is 0. The summed E-state index contributed by atoms with van der Waals surface area (Å²) in [5.74, 6) is 1.18. The highest BCUT2D eigenvalue weighted by atomic mass is 16.5. The molecular formula is C27H34N4O3. The number of rotatable bonds is 8. The zero-order valence-electron chi connectivity index (χ0n) is 20.1. The minimum absolute atomic E-state index is 0.107. The second-order valence-electron chi connectivity index (χ2n) is 9.44. The lowest BCUT2D eigenvalue weighted by Gasteiger charge is -2.33.